The molecular formula is C13H20N4O. The second kappa shape index (κ2) is 5.71. The molecule has 18 heavy (non-hydrogen) atoms. The zero-order valence-corrected chi connectivity index (χ0v) is 11.2. The fraction of sp³-hybridized carbons (Fsp3) is 0.538. The summed E-state index contributed by atoms with van der Waals surface area (Å²) in [7, 11) is 0. The van der Waals surface area contributed by atoms with Gasteiger partial charge in [-0.2, -0.15) is 0 Å². The first-order valence-electron chi connectivity index (χ1n) is 6.39. The van der Waals surface area contributed by atoms with Gasteiger partial charge in [0, 0.05) is 18.8 Å². The van der Waals surface area contributed by atoms with Gasteiger partial charge in [-0.25, -0.2) is 4.98 Å². The molecule has 2 aromatic heterocycles. The first kappa shape index (κ1) is 12.7. The Bertz CT molecular complexity index is 501. The lowest BCUT2D eigenvalue weighted by molar-refractivity contribution is 0.389. The molecule has 2 rings (SSSR count). The quantitative estimate of drug-likeness (QED) is 0.799. The molecule has 0 aliphatic rings. The first-order chi connectivity index (χ1) is 8.69. The van der Waals surface area contributed by atoms with Gasteiger partial charge >= 0.3 is 0 Å². The number of imidazole rings is 1. The molecule has 0 atom stereocenters. The first-order valence-corrected chi connectivity index (χ1v) is 6.39. The molecule has 5 nitrogen and oxygen atoms in total. The van der Waals surface area contributed by atoms with Gasteiger partial charge in [0.15, 0.2) is 0 Å². The molecular weight excluding hydrogens is 228 g/mol. The lowest BCUT2D eigenvalue weighted by Gasteiger charge is -2.07. The largest absolute Gasteiger partial charge is 0.361 e. The van der Waals surface area contributed by atoms with Crippen LogP contribution in [0.25, 0.3) is 0 Å². The van der Waals surface area contributed by atoms with E-state index in [1.165, 1.54) is 6.42 Å². The fourth-order valence-corrected chi connectivity index (χ4v) is 1.85. The van der Waals surface area contributed by atoms with Gasteiger partial charge < -0.3 is 14.4 Å². The number of nitrogens with one attached hydrogen (secondary N) is 1. The normalized spacial score (nSPS) is 10.8. The van der Waals surface area contributed by atoms with Crippen LogP contribution in [0, 0.1) is 13.8 Å². The van der Waals surface area contributed by atoms with E-state index in [2.05, 4.69) is 26.9 Å². The summed E-state index contributed by atoms with van der Waals surface area (Å²) in [5.41, 5.74) is 1.93. The molecule has 0 aromatic carbocycles. The van der Waals surface area contributed by atoms with Crippen molar-refractivity contribution in [1.29, 1.82) is 0 Å². The van der Waals surface area contributed by atoms with Crippen LogP contribution in [0.2, 0.25) is 0 Å². The maximum atomic E-state index is 5.08. The van der Waals surface area contributed by atoms with Gasteiger partial charge in [0.2, 0.25) is 5.95 Å². The summed E-state index contributed by atoms with van der Waals surface area (Å²) < 4.78 is 7.15. The minimum Gasteiger partial charge on any atom is -0.361 e. The molecule has 0 saturated heterocycles. The summed E-state index contributed by atoms with van der Waals surface area (Å²) in [4.78, 5) is 4.48. The number of aromatic nitrogens is 3. The van der Waals surface area contributed by atoms with Gasteiger partial charge in [0.25, 0.3) is 0 Å². The third kappa shape index (κ3) is 3.12. The summed E-state index contributed by atoms with van der Waals surface area (Å²) in [6.07, 6.45) is 4.35. The van der Waals surface area contributed by atoms with E-state index in [0.29, 0.717) is 6.54 Å². The number of hydrogen-bond donors (Lipinski definition) is 1. The number of aryl methyl sites for hydroxylation is 2. The molecule has 0 spiro atoms. The van der Waals surface area contributed by atoms with Crippen LogP contribution in [0.4, 0.5) is 5.95 Å². The number of nitrogens with zero attached hydrogens (tertiary/aromatic N) is 3. The highest BCUT2D eigenvalue weighted by Crippen LogP contribution is 2.12. The molecule has 0 saturated carbocycles. The Morgan fingerprint density at radius 2 is 2.22 bits per heavy atom. The zero-order chi connectivity index (χ0) is 13.0. The Balaban J connectivity index is 2.06. The predicted octanol–water partition coefficient (Wildman–Crippen LogP) is 2.75. The highest BCUT2D eigenvalue weighted by atomic mass is 16.5. The molecule has 0 bridgehead atoms. The van der Waals surface area contributed by atoms with Gasteiger partial charge in [-0.05, 0) is 20.3 Å². The minimum absolute atomic E-state index is 0.687. The molecule has 0 amide bonds. The Morgan fingerprint density at radius 1 is 1.39 bits per heavy atom. The molecule has 0 radical (unpaired) electrons. The van der Waals surface area contributed by atoms with Gasteiger partial charge in [-0.1, -0.05) is 18.5 Å². The van der Waals surface area contributed by atoms with E-state index in [1.54, 1.807) is 0 Å². The third-order valence-corrected chi connectivity index (χ3v) is 2.72. The van der Waals surface area contributed by atoms with Crippen LogP contribution < -0.4 is 5.32 Å². The van der Waals surface area contributed by atoms with E-state index in [1.807, 2.05) is 26.1 Å². The number of hydrogen-bond acceptors (Lipinski definition) is 4. The van der Waals surface area contributed by atoms with Crippen LogP contribution >= 0.6 is 0 Å². The standard InChI is InChI=1S/C13H20N4O/c1-4-5-6-14-13-15-10(2)8-17(13)9-12-7-11(3)18-16-12/h7-8H,4-6,9H2,1-3H3,(H,14,15). The fourth-order valence-electron chi connectivity index (χ4n) is 1.85. The minimum atomic E-state index is 0.687. The topological polar surface area (TPSA) is 55.9 Å². The SMILES string of the molecule is CCCCNc1nc(C)cn1Cc1cc(C)on1. The molecule has 2 aromatic rings. The van der Waals surface area contributed by atoms with Gasteiger partial charge in [-0.15, -0.1) is 0 Å². The van der Waals surface area contributed by atoms with E-state index in [4.69, 9.17) is 4.52 Å². The van der Waals surface area contributed by atoms with Crippen molar-refractivity contribution in [2.24, 2.45) is 0 Å². The smallest absolute Gasteiger partial charge is 0.203 e. The Hall–Kier alpha value is -1.78. The van der Waals surface area contributed by atoms with Gasteiger partial charge in [0.1, 0.15) is 11.5 Å². The zero-order valence-electron chi connectivity index (χ0n) is 11.2. The van der Waals surface area contributed by atoms with E-state index >= 15 is 0 Å². The van der Waals surface area contributed by atoms with E-state index in [0.717, 1.165) is 36.1 Å². The highest BCUT2D eigenvalue weighted by Gasteiger charge is 2.08. The summed E-state index contributed by atoms with van der Waals surface area (Å²) in [5, 5.41) is 7.36. The molecule has 5 heteroatoms. The molecule has 0 aliphatic carbocycles. The Kier molecular flexibility index (Phi) is 4.02. The lowest BCUT2D eigenvalue weighted by Crippen LogP contribution is -2.09. The van der Waals surface area contributed by atoms with E-state index in [-0.39, 0.29) is 0 Å². The third-order valence-electron chi connectivity index (χ3n) is 2.72. The summed E-state index contributed by atoms with van der Waals surface area (Å²) in [5.74, 6) is 1.74. The van der Waals surface area contributed by atoms with E-state index < -0.39 is 0 Å². The van der Waals surface area contributed by atoms with Crippen molar-refractivity contribution >= 4 is 5.95 Å². The van der Waals surface area contributed by atoms with Crippen LogP contribution in [0.3, 0.4) is 0 Å². The second-order valence-electron chi connectivity index (χ2n) is 4.54. The second-order valence-corrected chi connectivity index (χ2v) is 4.54. The molecule has 1 N–H and O–H groups in total. The lowest BCUT2D eigenvalue weighted by atomic mass is 10.3. The Labute approximate surface area is 107 Å². The molecule has 98 valence electrons. The van der Waals surface area contributed by atoms with Crippen molar-refractivity contribution in [2.45, 2.75) is 40.2 Å². The van der Waals surface area contributed by atoms with Crippen molar-refractivity contribution in [3.8, 4) is 0 Å². The number of unbranched alkanes of at least 4 members (excludes halogenated alkanes) is 1. The van der Waals surface area contributed by atoms with Crippen molar-refractivity contribution < 1.29 is 4.52 Å². The van der Waals surface area contributed by atoms with Crippen LogP contribution in [0.1, 0.15) is 36.9 Å². The predicted molar refractivity (Wildman–Crippen MR) is 70.7 cm³/mol. The average molecular weight is 248 g/mol. The molecule has 2 heterocycles. The van der Waals surface area contributed by atoms with Crippen molar-refractivity contribution in [3.63, 3.8) is 0 Å². The summed E-state index contributed by atoms with van der Waals surface area (Å²) in [6, 6.07) is 1.95. The highest BCUT2D eigenvalue weighted by molar-refractivity contribution is 5.29. The summed E-state index contributed by atoms with van der Waals surface area (Å²) in [6.45, 7) is 7.71. The summed E-state index contributed by atoms with van der Waals surface area (Å²) >= 11 is 0. The van der Waals surface area contributed by atoms with Crippen LogP contribution in [0.5, 0.6) is 0 Å². The number of anilines is 1. The van der Waals surface area contributed by atoms with Crippen LogP contribution in [0.15, 0.2) is 16.8 Å². The van der Waals surface area contributed by atoms with Crippen molar-refractivity contribution in [1.82, 2.24) is 14.7 Å². The average Bonchev–Trinajstić information content (AvgIpc) is 2.87. The monoisotopic (exact) mass is 248 g/mol. The van der Waals surface area contributed by atoms with Crippen LogP contribution in [-0.2, 0) is 6.54 Å². The van der Waals surface area contributed by atoms with Crippen LogP contribution in [-0.4, -0.2) is 21.3 Å². The van der Waals surface area contributed by atoms with Gasteiger partial charge in [-0.3, -0.25) is 0 Å². The molecule has 0 fully saturated rings. The van der Waals surface area contributed by atoms with Crippen molar-refractivity contribution in [2.75, 3.05) is 11.9 Å². The Morgan fingerprint density at radius 3 is 2.89 bits per heavy atom. The van der Waals surface area contributed by atoms with E-state index in [9.17, 15) is 0 Å². The maximum Gasteiger partial charge on any atom is 0.203 e. The maximum absolute atomic E-state index is 5.08. The molecule has 0 aliphatic heterocycles. The number of rotatable bonds is 6. The molecule has 0 unspecified atom stereocenters. The van der Waals surface area contributed by atoms with Crippen molar-refractivity contribution in [3.05, 3.63) is 29.4 Å². The van der Waals surface area contributed by atoms with Gasteiger partial charge in [0.05, 0.1) is 12.2 Å².